The van der Waals surface area contributed by atoms with Crippen LogP contribution in [0.25, 0.3) is 16.7 Å². The predicted octanol–water partition coefficient (Wildman–Crippen LogP) is 6.29. The van der Waals surface area contributed by atoms with Crippen LogP contribution in [0.3, 0.4) is 0 Å². The molecule has 0 bridgehead atoms. The molecule has 1 unspecified atom stereocenters. The van der Waals surface area contributed by atoms with E-state index in [4.69, 9.17) is 26.8 Å². The lowest BCUT2D eigenvalue weighted by atomic mass is 10.1. The van der Waals surface area contributed by atoms with E-state index in [1.165, 1.54) is 6.33 Å². The SMILES string of the molecule is CC1OCc2c1c1ncnc(N)c1n2-c1ccc(Oc2cccc(NC(=O)c3ccc(Cl)cc3)c2)cc1. The molecular weight excluding hydrogens is 490 g/mol. The van der Waals surface area contributed by atoms with Crippen LogP contribution >= 0.6 is 11.6 Å². The van der Waals surface area contributed by atoms with Crippen LogP contribution in [0, 0.1) is 0 Å². The van der Waals surface area contributed by atoms with Gasteiger partial charge in [0.25, 0.3) is 5.91 Å². The molecule has 37 heavy (non-hydrogen) atoms. The van der Waals surface area contributed by atoms with Crippen LogP contribution in [0.15, 0.2) is 79.1 Å². The molecule has 6 rings (SSSR count). The molecule has 0 fully saturated rings. The highest BCUT2D eigenvalue weighted by Crippen LogP contribution is 2.41. The molecule has 1 aliphatic heterocycles. The number of carbonyl (C=O) groups excluding carboxylic acids is 1. The maximum atomic E-state index is 12.5. The van der Waals surface area contributed by atoms with Gasteiger partial charge in [-0.25, -0.2) is 9.97 Å². The fraction of sp³-hybridized carbons (Fsp3) is 0.107. The van der Waals surface area contributed by atoms with Crippen molar-refractivity contribution < 1.29 is 14.3 Å². The first kappa shape index (κ1) is 23.0. The number of anilines is 2. The predicted molar refractivity (Wildman–Crippen MR) is 142 cm³/mol. The third-order valence-corrected chi connectivity index (χ3v) is 6.57. The van der Waals surface area contributed by atoms with Crippen molar-refractivity contribution in [2.75, 3.05) is 11.1 Å². The molecule has 0 aliphatic carbocycles. The summed E-state index contributed by atoms with van der Waals surface area (Å²) in [4.78, 5) is 21.2. The van der Waals surface area contributed by atoms with Crippen LogP contribution in [-0.2, 0) is 11.3 Å². The van der Waals surface area contributed by atoms with E-state index in [1.54, 1.807) is 36.4 Å². The number of nitrogens with one attached hydrogen (secondary N) is 1. The topological polar surface area (TPSA) is 104 Å². The number of halogens is 1. The highest BCUT2D eigenvalue weighted by Gasteiger charge is 2.30. The first-order valence-corrected chi connectivity index (χ1v) is 12.1. The van der Waals surface area contributed by atoms with Gasteiger partial charge in [0, 0.05) is 33.6 Å². The van der Waals surface area contributed by atoms with Gasteiger partial charge in [0.1, 0.15) is 28.9 Å². The van der Waals surface area contributed by atoms with Gasteiger partial charge in [0.2, 0.25) is 0 Å². The summed E-state index contributed by atoms with van der Waals surface area (Å²) in [6.45, 7) is 2.48. The van der Waals surface area contributed by atoms with Crippen LogP contribution < -0.4 is 15.8 Å². The Hall–Kier alpha value is -4.40. The molecular formula is C28H22ClN5O3. The second-order valence-corrected chi connectivity index (χ2v) is 9.13. The van der Waals surface area contributed by atoms with Crippen molar-refractivity contribution in [1.82, 2.24) is 14.5 Å². The number of carbonyl (C=O) groups is 1. The molecule has 3 N–H and O–H groups in total. The number of nitrogens with zero attached hydrogens (tertiary/aromatic N) is 3. The van der Waals surface area contributed by atoms with Crippen LogP contribution in [-0.4, -0.2) is 20.4 Å². The Morgan fingerprint density at radius 2 is 1.86 bits per heavy atom. The Morgan fingerprint density at radius 1 is 1.08 bits per heavy atom. The number of nitrogens with two attached hydrogens (primary N) is 1. The van der Waals surface area contributed by atoms with Crippen LogP contribution in [0.1, 0.15) is 34.6 Å². The number of amides is 1. The summed E-state index contributed by atoms with van der Waals surface area (Å²) < 4.78 is 14.0. The number of benzene rings is 3. The highest BCUT2D eigenvalue weighted by atomic mass is 35.5. The third kappa shape index (κ3) is 4.26. The van der Waals surface area contributed by atoms with Crippen molar-refractivity contribution in [3.05, 3.63) is 101 Å². The number of hydrogen-bond acceptors (Lipinski definition) is 6. The van der Waals surface area contributed by atoms with Crippen LogP contribution in [0.5, 0.6) is 11.5 Å². The monoisotopic (exact) mass is 511 g/mol. The number of ether oxygens (including phenoxy) is 2. The Bertz CT molecular complexity index is 1630. The van der Waals surface area contributed by atoms with Gasteiger partial charge >= 0.3 is 0 Å². The second-order valence-electron chi connectivity index (χ2n) is 8.69. The zero-order valence-corrected chi connectivity index (χ0v) is 20.6. The average Bonchev–Trinajstić information content (AvgIpc) is 3.44. The standard InChI is InChI=1S/C28H22ClN5O3/c1-16-24-23(14-36-16)34(26-25(24)31-15-32-27(26)30)20-9-11-21(12-10-20)37-22-4-2-3-19(13-22)33-28(35)17-5-7-18(29)8-6-17/h2-13,15-16H,14H2,1H3,(H,33,35)(H2,30,31,32). The van der Waals surface area contributed by atoms with Crippen molar-refractivity contribution in [3.63, 3.8) is 0 Å². The molecule has 1 atom stereocenters. The Morgan fingerprint density at radius 3 is 2.65 bits per heavy atom. The minimum Gasteiger partial charge on any atom is -0.457 e. The molecule has 184 valence electrons. The molecule has 3 aromatic carbocycles. The van der Waals surface area contributed by atoms with Gasteiger partial charge < -0.3 is 25.1 Å². The molecule has 1 aliphatic rings. The molecule has 9 heteroatoms. The van der Waals surface area contributed by atoms with Gasteiger partial charge in [-0.3, -0.25) is 4.79 Å². The summed E-state index contributed by atoms with van der Waals surface area (Å²) in [6.07, 6.45) is 1.42. The molecule has 0 radical (unpaired) electrons. The molecule has 3 heterocycles. The maximum Gasteiger partial charge on any atom is 0.255 e. The summed E-state index contributed by atoms with van der Waals surface area (Å²) in [5.74, 6) is 1.43. The van der Waals surface area contributed by atoms with E-state index in [2.05, 4.69) is 19.9 Å². The Kier molecular flexibility index (Phi) is 5.75. The summed E-state index contributed by atoms with van der Waals surface area (Å²) in [6, 6.07) is 21.6. The molecule has 5 aromatic rings. The summed E-state index contributed by atoms with van der Waals surface area (Å²) in [5, 5.41) is 3.46. The fourth-order valence-corrected chi connectivity index (χ4v) is 4.71. The quantitative estimate of drug-likeness (QED) is 0.287. The van der Waals surface area contributed by atoms with Gasteiger partial charge in [-0.15, -0.1) is 0 Å². The van der Waals surface area contributed by atoms with E-state index in [-0.39, 0.29) is 12.0 Å². The lowest BCUT2D eigenvalue weighted by Crippen LogP contribution is -2.11. The number of aromatic nitrogens is 3. The van der Waals surface area contributed by atoms with E-state index < -0.39 is 0 Å². The van der Waals surface area contributed by atoms with Gasteiger partial charge in [-0.05, 0) is 67.6 Å². The summed E-state index contributed by atoms with van der Waals surface area (Å²) in [5.41, 5.74) is 11.9. The normalized spacial score (nSPS) is 14.5. The van der Waals surface area contributed by atoms with E-state index >= 15 is 0 Å². The highest BCUT2D eigenvalue weighted by molar-refractivity contribution is 6.30. The molecule has 0 saturated carbocycles. The van der Waals surface area contributed by atoms with E-state index in [0.29, 0.717) is 40.2 Å². The zero-order chi connectivity index (χ0) is 25.5. The van der Waals surface area contributed by atoms with Crippen molar-refractivity contribution in [2.45, 2.75) is 19.6 Å². The first-order chi connectivity index (χ1) is 18.0. The molecule has 1 amide bonds. The molecule has 8 nitrogen and oxygen atoms in total. The zero-order valence-electron chi connectivity index (χ0n) is 19.8. The number of nitrogen functional groups attached to an aromatic ring is 1. The Labute approximate surface area is 217 Å². The second kappa shape index (κ2) is 9.24. The first-order valence-electron chi connectivity index (χ1n) is 11.7. The van der Waals surface area contributed by atoms with Crippen molar-refractivity contribution >= 4 is 40.0 Å². The van der Waals surface area contributed by atoms with Crippen LogP contribution in [0.2, 0.25) is 5.02 Å². The van der Waals surface area contributed by atoms with E-state index in [1.807, 2.05) is 43.3 Å². The van der Waals surface area contributed by atoms with E-state index in [0.717, 1.165) is 28.0 Å². The number of hydrogen-bond donors (Lipinski definition) is 2. The smallest absolute Gasteiger partial charge is 0.255 e. The van der Waals surface area contributed by atoms with Crippen molar-refractivity contribution in [3.8, 4) is 17.2 Å². The Balaban J connectivity index is 1.24. The lowest BCUT2D eigenvalue weighted by Gasteiger charge is -2.12. The number of fused-ring (bicyclic) bond motifs is 3. The van der Waals surface area contributed by atoms with Gasteiger partial charge in [0.05, 0.1) is 18.4 Å². The molecule has 0 spiro atoms. The maximum absolute atomic E-state index is 12.5. The van der Waals surface area contributed by atoms with Gasteiger partial charge in [0.15, 0.2) is 5.82 Å². The van der Waals surface area contributed by atoms with Crippen molar-refractivity contribution in [1.29, 1.82) is 0 Å². The minimum atomic E-state index is -0.230. The van der Waals surface area contributed by atoms with Crippen molar-refractivity contribution in [2.24, 2.45) is 0 Å². The largest absolute Gasteiger partial charge is 0.457 e. The van der Waals surface area contributed by atoms with Crippen LogP contribution in [0.4, 0.5) is 11.5 Å². The van der Waals surface area contributed by atoms with Gasteiger partial charge in [-0.2, -0.15) is 0 Å². The molecule has 0 saturated heterocycles. The third-order valence-electron chi connectivity index (χ3n) is 6.32. The van der Waals surface area contributed by atoms with Gasteiger partial charge in [-0.1, -0.05) is 17.7 Å². The minimum absolute atomic E-state index is 0.0666. The molecule has 2 aromatic heterocycles. The number of rotatable bonds is 5. The average molecular weight is 512 g/mol. The fourth-order valence-electron chi connectivity index (χ4n) is 4.58. The lowest BCUT2D eigenvalue weighted by molar-refractivity contribution is 0.0783. The van der Waals surface area contributed by atoms with E-state index in [9.17, 15) is 4.79 Å². The summed E-state index contributed by atoms with van der Waals surface area (Å²) >= 11 is 5.91. The summed E-state index contributed by atoms with van der Waals surface area (Å²) in [7, 11) is 0.